The molecule has 0 spiro atoms. The van der Waals surface area contributed by atoms with Crippen LogP contribution in [0.3, 0.4) is 0 Å². The normalized spacial score (nSPS) is 28.8. The van der Waals surface area contributed by atoms with Crippen LogP contribution in [0.4, 0.5) is 0 Å². The summed E-state index contributed by atoms with van der Waals surface area (Å²) in [5, 5.41) is 10.4. The molecule has 0 unspecified atom stereocenters. The number of hydrogen-bond donors (Lipinski definition) is 1. The van der Waals surface area contributed by atoms with Gasteiger partial charge in [-0.1, -0.05) is 36.4 Å². The van der Waals surface area contributed by atoms with Crippen LogP contribution in [0.2, 0.25) is 0 Å². The minimum absolute atomic E-state index is 0.0219. The number of aliphatic hydroxyl groups is 1. The van der Waals surface area contributed by atoms with E-state index in [-0.39, 0.29) is 42.9 Å². The Labute approximate surface area is 153 Å². The lowest BCUT2D eigenvalue weighted by atomic mass is 9.85. The number of fused-ring (bicyclic) bond motifs is 2. The molecular formula is C21H25NO4. The highest BCUT2D eigenvalue weighted by Crippen LogP contribution is 2.35. The van der Waals surface area contributed by atoms with Crippen LogP contribution in [0, 0.1) is 11.8 Å². The number of aliphatic hydroxyl groups excluding tert-OH is 1. The third-order valence-corrected chi connectivity index (χ3v) is 5.80. The predicted octanol–water partition coefficient (Wildman–Crippen LogP) is 2.39. The van der Waals surface area contributed by atoms with E-state index in [2.05, 4.69) is 12.1 Å². The number of aryl methyl sites for hydroxylation is 1. The van der Waals surface area contributed by atoms with Crippen LogP contribution >= 0.6 is 0 Å². The smallest absolute Gasteiger partial charge is 0.233 e. The Bertz CT molecular complexity index is 702. The van der Waals surface area contributed by atoms with E-state index < -0.39 is 6.10 Å². The van der Waals surface area contributed by atoms with Crippen molar-refractivity contribution in [3.8, 4) is 0 Å². The minimum Gasteiger partial charge on any atom is -0.389 e. The van der Waals surface area contributed by atoms with Gasteiger partial charge in [-0.15, -0.1) is 0 Å². The maximum Gasteiger partial charge on any atom is 0.233 e. The van der Waals surface area contributed by atoms with Crippen molar-refractivity contribution in [1.29, 1.82) is 0 Å². The van der Waals surface area contributed by atoms with Gasteiger partial charge in [0.15, 0.2) is 0 Å². The summed E-state index contributed by atoms with van der Waals surface area (Å²) in [5.74, 6) is -0.783. The molecule has 138 valence electrons. The quantitative estimate of drug-likeness (QED) is 0.651. The van der Waals surface area contributed by atoms with Crippen LogP contribution in [-0.2, 0) is 20.7 Å². The number of benzene rings is 1. The number of imide groups is 1. The minimum atomic E-state index is -0.856. The van der Waals surface area contributed by atoms with Crippen LogP contribution in [-0.4, -0.2) is 41.1 Å². The number of allylic oxidation sites excluding steroid dienone is 2. The van der Waals surface area contributed by atoms with Crippen molar-refractivity contribution in [2.75, 3.05) is 13.2 Å². The molecule has 1 aliphatic heterocycles. The van der Waals surface area contributed by atoms with Crippen molar-refractivity contribution >= 4 is 11.8 Å². The Kier molecular flexibility index (Phi) is 4.92. The third-order valence-electron chi connectivity index (χ3n) is 5.80. The molecule has 5 nitrogen and oxygen atoms in total. The van der Waals surface area contributed by atoms with E-state index in [0.717, 1.165) is 19.3 Å². The SMILES string of the molecule is O=C1[C@H]2CC=CC[C@H]2C(=O)N1C[C@@H](O)CO[C@H]1CCCc2ccccc21. The van der Waals surface area contributed by atoms with Gasteiger partial charge in [-0.3, -0.25) is 14.5 Å². The summed E-state index contributed by atoms with van der Waals surface area (Å²) in [6, 6.07) is 8.25. The Balaban J connectivity index is 1.34. The monoisotopic (exact) mass is 355 g/mol. The number of carbonyl (C=O) groups excluding carboxylic acids is 2. The van der Waals surface area contributed by atoms with Gasteiger partial charge in [0.1, 0.15) is 0 Å². The molecule has 4 atom stereocenters. The number of β-amino-alcohol motifs (C(OH)–C–C–N with tert-alkyl or cyclic N) is 1. The molecule has 26 heavy (non-hydrogen) atoms. The maximum atomic E-state index is 12.5. The molecule has 1 saturated heterocycles. The molecule has 1 N–H and O–H groups in total. The molecule has 0 bridgehead atoms. The lowest BCUT2D eigenvalue weighted by Gasteiger charge is -2.27. The highest BCUT2D eigenvalue weighted by molar-refractivity contribution is 6.05. The summed E-state index contributed by atoms with van der Waals surface area (Å²) >= 11 is 0. The van der Waals surface area contributed by atoms with Crippen molar-refractivity contribution in [2.24, 2.45) is 11.8 Å². The molecule has 1 fully saturated rings. The Morgan fingerprint density at radius 1 is 1.12 bits per heavy atom. The summed E-state index contributed by atoms with van der Waals surface area (Å²) in [7, 11) is 0. The van der Waals surface area contributed by atoms with Gasteiger partial charge in [0.2, 0.25) is 11.8 Å². The Hall–Kier alpha value is -1.98. The topological polar surface area (TPSA) is 66.8 Å². The van der Waals surface area contributed by atoms with Crippen LogP contribution in [0.25, 0.3) is 0 Å². The summed E-state index contributed by atoms with van der Waals surface area (Å²) in [6.07, 6.45) is 7.36. The average molecular weight is 355 g/mol. The molecular weight excluding hydrogens is 330 g/mol. The molecule has 3 aliphatic rings. The maximum absolute atomic E-state index is 12.5. The predicted molar refractivity (Wildman–Crippen MR) is 96.2 cm³/mol. The van der Waals surface area contributed by atoms with Gasteiger partial charge in [-0.25, -0.2) is 0 Å². The third kappa shape index (κ3) is 3.21. The molecule has 4 rings (SSSR count). The molecule has 0 saturated carbocycles. The Morgan fingerprint density at radius 2 is 1.81 bits per heavy atom. The number of rotatable bonds is 5. The van der Waals surface area contributed by atoms with Crippen molar-refractivity contribution in [3.05, 3.63) is 47.5 Å². The summed E-state index contributed by atoms with van der Waals surface area (Å²) in [4.78, 5) is 26.2. The van der Waals surface area contributed by atoms with Crippen molar-refractivity contribution in [2.45, 2.75) is 44.3 Å². The molecule has 1 aromatic carbocycles. The van der Waals surface area contributed by atoms with Crippen LogP contribution in [0.1, 0.15) is 42.9 Å². The zero-order valence-electron chi connectivity index (χ0n) is 14.8. The van der Waals surface area contributed by atoms with E-state index in [4.69, 9.17) is 4.74 Å². The van der Waals surface area contributed by atoms with Crippen molar-refractivity contribution < 1.29 is 19.4 Å². The first-order valence-corrected chi connectivity index (χ1v) is 9.53. The van der Waals surface area contributed by atoms with Gasteiger partial charge in [0, 0.05) is 0 Å². The second kappa shape index (κ2) is 7.33. The average Bonchev–Trinajstić information content (AvgIpc) is 2.91. The number of carbonyl (C=O) groups is 2. The van der Waals surface area contributed by atoms with Crippen molar-refractivity contribution in [1.82, 2.24) is 4.90 Å². The van der Waals surface area contributed by atoms with Crippen LogP contribution < -0.4 is 0 Å². The molecule has 5 heteroatoms. The van der Waals surface area contributed by atoms with Crippen molar-refractivity contribution in [3.63, 3.8) is 0 Å². The molecule has 0 aromatic heterocycles. The van der Waals surface area contributed by atoms with E-state index in [9.17, 15) is 14.7 Å². The fourth-order valence-corrected chi connectivity index (χ4v) is 4.42. The number of nitrogens with zero attached hydrogens (tertiary/aromatic N) is 1. The fourth-order valence-electron chi connectivity index (χ4n) is 4.42. The fraction of sp³-hybridized carbons (Fsp3) is 0.524. The number of amides is 2. The van der Waals surface area contributed by atoms with Gasteiger partial charge >= 0.3 is 0 Å². The lowest BCUT2D eigenvalue weighted by molar-refractivity contribution is -0.142. The zero-order chi connectivity index (χ0) is 18.1. The number of ether oxygens (including phenoxy) is 1. The van der Waals surface area contributed by atoms with Gasteiger partial charge in [-0.2, -0.15) is 0 Å². The number of likely N-dealkylation sites (tertiary alicyclic amines) is 1. The molecule has 1 aromatic rings. The molecule has 1 heterocycles. The zero-order valence-corrected chi connectivity index (χ0v) is 14.8. The van der Waals surface area contributed by atoms with Gasteiger partial charge < -0.3 is 9.84 Å². The van der Waals surface area contributed by atoms with Gasteiger partial charge in [-0.05, 0) is 43.2 Å². The lowest BCUT2D eigenvalue weighted by Crippen LogP contribution is -2.39. The van der Waals surface area contributed by atoms with E-state index in [1.807, 2.05) is 24.3 Å². The standard InChI is InChI=1S/C21H25NO4/c23-15(12-22-20(24)17-9-3-4-10-18(17)21(22)25)13-26-19-11-5-7-14-6-1-2-8-16(14)19/h1-4,6,8,15,17-19,23H,5,7,9-13H2/t15-,17-,18+,19+/m1/s1. The van der Waals surface area contributed by atoms with E-state index in [0.29, 0.717) is 12.8 Å². The van der Waals surface area contributed by atoms with Gasteiger partial charge in [0.25, 0.3) is 0 Å². The van der Waals surface area contributed by atoms with E-state index >= 15 is 0 Å². The Morgan fingerprint density at radius 3 is 2.54 bits per heavy atom. The largest absolute Gasteiger partial charge is 0.389 e. The van der Waals surface area contributed by atoms with Crippen LogP contribution in [0.15, 0.2) is 36.4 Å². The second-order valence-corrected chi connectivity index (χ2v) is 7.51. The first kappa shape index (κ1) is 17.4. The summed E-state index contributed by atoms with van der Waals surface area (Å²) < 4.78 is 5.96. The van der Waals surface area contributed by atoms with E-state index in [1.54, 1.807) is 0 Å². The summed E-state index contributed by atoms with van der Waals surface area (Å²) in [6.45, 7) is 0.155. The molecule has 0 radical (unpaired) electrons. The molecule has 2 aliphatic carbocycles. The first-order valence-electron chi connectivity index (χ1n) is 9.53. The first-order chi connectivity index (χ1) is 12.6. The van der Waals surface area contributed by atoms with E-state index in [1.165, 1.54) is 16.0 Å². The highest BCUT2D eigenvalue weighted by atomic mass is 16.5. The van der Waals surface area contributed by atoms with Crippen LogP contribution in [0.5, 0.6) is 0 Å². The number of hydrogen-bond acceptors (Lipinski definition) is 4. The molecule has 2 amide bonds. The van der Waals surface area contributed by atoms with Gasteiger partial charge in [0.05, 0.1) is 37.2 Å². The highest BCUT2D eigenvalue weighted by Gasteiger charge is 2.47. The summed E-state index contributed by atoms with van der Waals surface area (Å²) in [5.41, 5.74) is 2.50. The second-order valence-electron chi connectivity index (χ2n) is 7.51.